The molecule has 0 amide bonds. The second-order valence-electron chi connectivity index (χ2n) is 13.4. The molecule has 2 aromatic rings. The van der Waals surface area contributed by atoms with Gasteiger partial charge in [0.2, 0.25) is 10.0 Å². The number of sulfonamides is 1. The van der Waals surface area contributed by atoms with Crippen LogP contribution in [-0.4, -0.2) is 106 Å². The van der Waals surface area contributed by atoms with E-state index in [0.717, 1.165) is 22.3 Å². The molecule has 13 nitrogen and oxygen atoms in total. The van der Waals surface area contributed by atoms with Gasteiger partial charge in [0.1, 0.15) is 11.9 Å². The molecule has 0 bridgehead atoms. The van der Waals surface area contributed by atoms with Crippen LogP contribution in [0.25, 0.3) is 0 Å². The number of hydrogen-bond donors (Lipinski definition) is 2. The molecule has 0 aliphatic carbocycles. The Morgan fingerprint density at radius 3 is 2.31 bits per heavy atom. The quantitative estimate of drug-likeness (QED) is 0.0434. The topological polar surface area (TPSA) is 167 Å². The number of esters is 1. The number of nitrogens with zero attached hydrogens (tertiary/aromatic N) is 1. The number of aliphatic hydroxyl groups is 2. The number of methoxy groups -OCH3 is 1. The number of morpholine rings is 1. The number of carbonyl (C=O) groups excluding carboxylic acids is 1. The molecule has 0 aromatic heterocycles. The van der Waals surface area contributed by atoms with E-state index in [9.17, 15) is 28.0 Å². The number of ether oxygens (including phenoxy) is 4. The standard InChI is InChI=1S/C40H58NO12PS/c1-7-50-54(45,51-8-2)29-34(43)22-31(4)10-9-11-40(44)53-38(28-49-27-33-14-16-35(48-6)17-15-33)24-32(5)23-37-26-41(25-36(52-37)20-21-42)55(46,47)39-18-12-30(3)13-19-39/h9-19,23,34,36-38,42-43H,7-8,20-22,24-29H2,1-6H3/b11-9+,31-10-,32-23+/t34?,36-,37+,38-/m0/s1. The zero-order valence-corrected chi connectivity index (χ0v) is 34.5. The number of benzene rings is 2. The van der Waals surface area contributed by atoms with Crippen molar-refractivity contribution in [2.75, 3.05) is 52.8 Å². The van der Waals surface area contributed by atoms with Crippen LogP contribution in [0.5, 0.6) is 5.75 Å². The predicted octanol–water partition coefficient (Wildman–Crippen LogP) is 6.13. The summed E-state index contributed by atoms with van der Waals surface area (Å²) in [5, 5.41) is 20.2. The Morgan fingerprint density at radius 1 is 1.02 bits per heavy atom. The number of rotatable bonds is 23. The first-order valence-corrected chi connectivity index (χ1v) is 21.7. The highest BCUT2D eigenvalue weighted by molar-refractivity contribution is 7.89. The van der Waals surface area contributed by atoms with Crippen LogP contribution in [0.15, 0.2) is 88.9 Å². The van der Waals surface area contributed by atoms with E-state index in [1.165, 1.54) is 16.5 Å². The molecule has 2 N–H and O–H groups in total. The van der Waals surface area contributed by atoms with Crippen molar-refractivity contribution in [3.63, 3.8) is 0 Å². The zero-order chi connectivity index (χ0) is 40.4. The molecule has 306 valence electrons. The lowest BCUT2D eigenvalue weighted by Gasteiger charge is -2.36. The second-order valence-corrected chi connectivity index (χ2v) is 17.5. The summed E-state index contributed by atoms with van der Waals surface area (Å²) in [6.07, 6.45) is 4.08. The molecular weight excluding hydrogens is 749 g/mol. The van der Waals surface area contributed by atoms with Crippen molar-refractivity contribution in [2.24, 2.45) is 0 Å². The predicted molar refractivity (Wildman–Crippen MR) is 210 cm³/mol. The van der Waals surface area contributed by atoms with Crippen LogP contribution >= 0.6 is 7.60 Å². The lowest BCUT2D eigenvalue weighted by atomic mass is 10.1. The molecule has 1 fully saturated rings. The first-order valence-electron chi connectivity index (χ1n) is 18.5. The van der Waals surface area contributed by atoms with Crippen LogP contribution in [0.1, 0.15) is 58.1 Å². The summed E-state index contributed by atoms with van der Waals surface area (Å²) in [5.74, 6) is 0.106. The fraction of sp³-hybridized carbons (Fsp3) is 0.525. The van der Waals surface area contributed by atoms with Gasteiger partial charge in [0.15, 0.2) is 0 Å². The fourth-order valence-corrected chi connectivity index (χ4v) is 9.19. The van der Waals surface area contributed by atoms with Crippen molar-refractivity contribution in [1.82, 2.24) is 4.31 Å². The van der Waals surface area contributed by atoms with Gasteiger partial charge in [-0.15, -0.1) is 0 Å². The third-order valence-electron chi connectivity index (χ3n) is 8.56. The molecule has 0 spiro atoms. The zero-order valence-electron chi connectivity index (χ0n) is 32.8. The van der Waals surface area contributed by atoms with Crippen molar-refractivity contribution in [3.05, 3.63) is 95.1 Å². The third-order valence-corrected chi connectivity index (χ3v) is 12.6. The molecule has 15 heteroatoms. The number of allylic oxidation sites excluding steroid dienone is 2. The molecule has 1 unspecified atom stereocenters. The SMILES string of the molecule is CCOP(=O)(CC(O)C/C(C)=C\C=C\C(=O)O[C@H](COCc1ccc(OC)cc1)C/C(C)=C/[C@@H]1CN(S(=O)(=O)c2ccc(C)cc2)C[C@H](CCO)O1)OCC. The minimum absolute atomic E-state index is 0.0736. The number of aryl methyl sites for hydroxylation is 1. The Morgan fingerprint density at radius 2 is 1.69 bits per heavy atom. The van der Waals surface area contributed by atoms with Gasteiger partial charge in [-0.1, -0.05) is 59.2 Å². The van der Waals surface area contributed by atoms with E-state index in [-0.39, 0.29) is 76.4 Å². The van der Waals surface area contributed by atoms with Gasteiger partial charge in [-0.3, -0.25) is 4.57 Å². The van der Waals surface area contributed by atoms with Gasteiger partial charge in [0.25, 0.3) is 0 Å². The monoisotopic (exact) mass is 807 g/mol. The van der Waals surface area contributed by atoms with E-state index in [0.29, 0.717) is 5.75 Å². The maximum absolute atomic E-state index is 13.6. The highest BCUT2D eigenvalue weighted by atomic mass is 32.2. The van der Waals surface area contributed by atoms with E-state index >= 15 is 0 Å². The lowest BCUT2D eigenvalue weighted by Crippen LogP contribution is -2.49. The Bertz CT molecular complexity index is 1720. The van der Waals surface area contributed by atoms with Crippen molar-refractivity contribution >= 4 is 23.6 Å². The Labute approximate surface area is 326 Å². The highest BCUT2D eigenvalue weighted by Crippen LogP contribution is 2.49. The second kappa shape index (κ2) is 23.2. The van der Waals surface area contributed by atoms with Crippen molar-refractivity contribution in [3.8, 4) is 5.75 Å². The summed E-state index contributed by atoms with van der Waals surface area (Å²) >= 11 is 0. The molecule has 1 aliphatic heterocycles. The summed E-state index contributed by atoms with van der Waals surface area (Å²) in [5.41, 5.74) is 3.37. The smallest absolute Gasteiger partial charge is 0.333 e. The van der Waals surface area contributed by atoms with E-state index < -0.39 is 48.0 Å². The first kappa shape index (κ1) is 46.2. The van der Waals surface area contributed by atoms with E-state index in [1.54, 1.807) is 58.2 Å². The van der Waals surface area contributed by atoms with Gasteiger partial charge in [-0.25, -0.2) is 13.2 Å². The van der Waals surface area contributed by atoms with Crippen LogP contribution in [0, 0.1) is 6.92 Å². The lowest BCUT2D eigenvalue weighted by molar-refractivity contribution is -0.146. The molecule has 2 aromatic carbocycles. The minimum atomic E-state index is -3.82. The third kappa shape index (κ3) is 16.1. The molecule has 55 heavy (non-hydrogen) atoms. The van der Waals surface area contributed by atoms with Gasteiger partial charge < -0.3 is 38.2 Å². The Hall–Kier alpha value is -3.17. The first-order chi connectivity index (χ1) is 26.2. The molecule has 3 rings (SSSR count). The van der Waals surface area contributed by atoms with Gasteiger partial charge in [-0.05, 0) is 77.3 Å². The summed E-state index contributed by atoms with van der Waals surface area (Å²) in [6, 6.07) is 14.1. The van der Waals surface area contributed by atoms with Crippen molar-refractivity contribution in [2.45, 2.75) is 89.8 Å². The molecule has 1 heterocycles. The number of carbonyl (C=O) groups is 1. The van der Waals surface area contributed by atoms with Gasteiger partial charge in [0, 0.05) is 32.2 Å². The Balaban J connectivity index is 1.72. The van der Waals surface area contributed by atoms with Gasteiger partial charge in [-0.2, -0.15) is 4.31 Å². The summed E-state index contributed by atoms with van der Waals surface area (Å²) < 4.78 is 75.1. The van der Waals surface area contributed by atoms with Crippen molar-refractivity contribution < 1.29 is 56.0 Å². The maximum Gasteiger partial charge on any atom is 0.333 e. The number of hydrogen-bond acceptors (Lipinski definition) is 12. The minimum Gasteiger partial charge on any atom is -0.497 e. The van der Waals surface area contributed by atoms with Crippen LogP contribution in [-0.2, 0) is 49.2 Å². The molecule has 0 radical (unpaired) electrons. The van der Waals surface area contributed by atoms with Gasteiger partial charge in [0.05, 0.1) is 62.9 Å². The van der Waals surface area contributed by atoms with E-state index in [4.69, 9.17) is 28.0 Å². The van der Waals surface area contributed by atoms with Gasteiger partial charge >= 0.3 is 13.6 Å². The Kier molecular flexibility index (Phi) is 19.5. The average molecular weight is 808 g/mol. The van der Waals surface area contributed by atoms with E-state index in [1.807, 2.05) is 44.2 Å². The molecular formula is C40H58NO12PS. The summed E-state index contributed by atoms with van der Waals surface area (Å²) in [7, 11) is -5.65. The largest absolute Gasteiger partial charge is 0.497 e. The molecule has 1 aliphatic rings. The van der Waals surface area contributed by atoms with Crippen molar-refractivity contribution in [1.29, 1.82) is 0 Å². The normalized spacial score (nSPS) is 18.7. The average Bonchev–Trinajstić information content (AvgIpc) is 3.12. The summed E-state index contributed by atoms with van der Waals surface area (Å²) in [4.78, 5) is 13.2. The fourth-order valence-electron chi connectivity index (χ4n) is 5.99. The van der Waals surface area contributed by atoms with Crippen LogP contribution in [0.3, 0.4) is 0 Å². The molecule has 4 atom stereocenters. The van der Waals surface area contributed by atoms with Crippen LogP contribution in [0.2, 0.25) is 0 Å². The highest BCUT2D eigenvalue weighted by Gasteiger charge is 2.35. The van der Waals surface area contributed by atoms with E-state index in [2.05, 4.69) is 0 Å². The number of aliphatic hydroxyl groups excluding tert-OH is 2. The van der Waals surface area contributed by atoms with Crippen LogP contribution < -0.4 is 4.74 Å². The molecule has 1 saturated heterocycles. The van der Waals surface area contributed by atoms with Crippen LogP contribution in [0.4, 0.5) is 0 Å². The maximum atomic E-state index is 13.6. The summed E-state index contributed by atoms with van der Waals surface area (Å²) in [6.45, 7) is 9.69. The molecule has 0 saturated carbocycles.